The highest BCUT2D eigenvalue weighted by atomic mass is 35.5. The number of carbonyl (C=O) groups is 1. The van der Waals surface area contributed by atoms with Gasteiger partial charge in [-0.25, -0.2) is 0 Å². The molecule has 0 saturated carbocycles. The van der Waals surface area contributed by atoms with Gasteiger partial charge in [0.2, 0.25) is 0 Å². The van der Waals surface area contributed by atoms with Crippen molar-refractivity contribution < 1.29 is 9.90 Å². The number of nitrogens with zero attached hydrogens (tertiary/aromatic N) is 1. The van der Waals surface area contributed by atoms with E-state index in [1.54, 1.807) is 0 Å². The van der Waals surface area contributed by atoms with E-state index in [4.69, 9.17) is 11.6 Å². The minimum absolute atomic E-state index is 0.179. The molecule has 24 heavy (non-hydrogen) atoms. The van der Waals surface area contributed by atoms with Crippen molar-refractivity contribution in [2.45, 2.75) is 25.9 Å². The Labute approximate surface area is 147 Å². The lowest BCUT2D eigenvalue weighted by Crippen LogP contribution is -2.35. The maximum Gasteiger partial charge on any atom is 0.255 e. The number of halogens is 1. The van der Waals surface area contributed by atoms with E-state index in [9.17, 15) is 9.90 Å². The molecule has 3 rings (SSSR count). The highest BCUT2D eigenvalue weighted by Crippen LogP contribution is 2.24. The Morgan fingerprint density at radius 1 is 1.17 bits per heavy atom. The monoisotopic (exact) mass is 344 g/mol. The molecule has 0 aromatic heterocycles. The molecule has 0 atom stereocenters. The van der Waals surface area contributed by atoms with Crippen LogP contribution >= 0.6 is 11.6 Å². The van der Waals surface area contributed by atoms with Crippen LogP contribution in [0.25, 0.3) is 0 Å². The summed E-state index contributed by atoms with van der Waals surface area (Å²) in [4.78, 5) is 14.6. The zero-order valence-corrected chi connectivity index (χ0v) is 14.4. The Kier molecular flexibility index (Phi) is 5.07. The molecule has 1 fully saturated rings. The molecule has 1 saturated heterocycles. The van der Waals surface area contributed by atoms with Gasteiger partial charge >= 0.3 is 0 Å². The van der Waals surface area contributed by atoms with Crippen molar-refractivity contribution in [3.63, 3.8) is 0 Å². The molecule has 1 amide bonds. The largest absolute Gasteiger partial charge is 0.393 e. The van der Waals surface area contributed by atoms with E-state index in [0.29, 0.717) is 16.3 Å². The standard InChI is InChI=1S/C19H21ClN2O2/c1-13-2-7-18(17(20)12-13)21-19(24)14-3-5-15(6-4-14)22-10-8-16(23)9-11-22/h2-7,12,16,23H,8-11H2,1H3,(H,21,24). The van der Waals surface area contributed by atoms with Crippen LogP contribution in [0.4, 0.5) is 11.4 Å². The normalized spacial score (nSPS) is 15.4. The van der Waals surface area contributed by atoms with Crippen molar-refractivity contribution in [1.29, 1.82) is 0 Å². The molecule has 2 aromatic carbocycles. The third kappa shape index (κ3) is 3.89. The summed E-state index contributed by atoms with van der Waals surface area (Å²) in [5.74, 6) is -0.179. The number of hydrogen-bond acceptors (Lipinski definition) is 3. The van der Waals surface area contributed by atoms with Crippen molar-refractivity contribution in [3.8, 4) is 0 Å². The molecule has 126 valence electrons. The molecule has 0 aliphatic carbocycles. The summed E-state index contributed by atoms with van der Waals surface area (Å²) in [5.41, 5.74) is 3.33. The summed E-state index contributed by atoms with van der Waals surface area (Å²) in [7, 11) is 0. The predicted molar refractivity (Wildman–Crippen MR) is 98.0 cm³/mol. The molecule has 1 aliphatic heterocycles. The van der Waals surface area contributed by atoms with E-state index >= 15 is 0 Å². The average molecular weight is 345 g/mol. The van der Waals surface area contributed by atoms with Crippen LogP contribution in [0.1, 0.15) is 28.8 Å². The van der Waals surface area contributed by atoms with Gasteiger partial charge in [0, 0.05) is 24.3 Å². The number of aryl methyl sites for hydroxylation is 1. The van der Waals surface area contributed by atoms with Gasteiger partial charge in [0.05, 0.1) is 16.8 Å². The Bertz CT molecular complexity index is 723. The number of anilines is 2. The molecule has 2 aromatic rings. The lowest BCUT2D eigenvalue weighted by atomic mass is 10.1. The van der Waals surface area contributed by atoms with E-state index in [-0.39, 0.29) is 12.0 Å². The summed E-state index contributed by atoms with van der Waals surface area (Å²) in [5, 5.41) is 13.0. The van der Waals surface area contributed by atoms with Crippen molar-refractivity contribution in [2.24, 2.45) is 0 Å². The molecule has 0 bridgehead atoms. The number of aliphatic hydroxyl groups excluding tert-OH is 1. The number of benzene rings is 2. The van der Waals surface area contributed by atoms with Gasteiger partial charge in [-0.1, -0.05) is 17.7 Å². The molecule has 0 unspecified atom stereocenters. The summed E-state index contributed by atoms with van der Waals surface area (Å²) in [6.07, 6.45) is 1.38. The van der Waals surface area contributed by atoms with Gasteiger partial charge < -0.3 is 15.3 Å². The van der Waals surface area contributed by atoms with E-state index in [0.717, 1.165) is 37.2 Å². The van der Waals surface area contributed by atoms with Gasteiger partial charge in [0.25, 0.3) is 5.91 Å². The molecule has 2 N–H and O–H groups in total. The minimum atomic E-state index is -0.189. The van der Waals surface area contributed by atoms with Gasteiger partial charge in [-0.2, -0.15) is 0 Å². The molecule has 0 spiro atoms. The maximum atomic E-state index is 12.4. The predicted octanol–water partition coefficient (Wildman–Crippen LogP) is 3.86. The number of piperidine rings is 1. The molecule has 1 aliphatic rings. The first-order valence-corrected chi connectivity index (χ1v) is 8.51. The fraction of sp³-hybridized carbons (Fsp3) is 0.316. The van der Waals surface area contributed by atoms with Gasteiger partial charge in [-0.3, -0.25) is 4.79 Å². The van der Waals surface area contributed by atoms with Gasteiger partial charge in [0.1, 0.15) is 0 Å². The molecule has 4 nitrogen and oxygen atoms in total. The van der Waals surface area contributed by atoms with Crippen molar-refractivity contribution in [1.82, 2.24) is 0 Å². The van der Waals surface area contributed by atoms with Gasteiger partial charge in [-0.05, 0) is 61.7 Å². The zero-order valence-electron chi connectivity index (χ0n) is 13.6. The van der Waals surface area contributed by atoms with Crippen LogP contribution in [0.15, 0.2) is 42.5 Å². The van der Waals surface area contributed by atoms with E-state index in [2.05, 4.69) is 10.2 Å². The van der Waals surface area contributed by atoms with Crippen LogP contribution in [0.3, 0.4) is 0 Å². The number of rotatable bonds is 3. The second-order valence-corrected chi connectivity index (χ2v) is 6.61. The third-order valence-corrected chi connectivity index (χ3v) is 4.64. The number of hydrogen-bond donors (Lipinski definition) is 2. The minimum Gasteiger partial charge on any atom is -0.393 e. The topological polar surface area (TPSA) is 52.6 Å². The van der Waals surface area contributed by atoms with Crippen LogP contribution in [-0.2, 0) is 0 Å². The molecule has 1 heterocycles. The summed E-state index contributed by atoms with van der Waals surface area (Å²) in [6.45, 7) is 3.63. The highest BCUT2D eigenvalue weighted by Gasteiger charge is 2.17. The van der Waals surface area contributed by atoms with Gasteiger partial charge in [0.15, 0.2) is 0 Å². The fourth-order valence-electron chi connectivity index (χ4n) is 2.86. The first-order chi connectivity index (χ1) is 11.5. The Morgan fingerprint density at radius 2 is 1.83 bits per heavy atom. The second kappa shape index (κ2) is 7.24. The van der Waals surface area contributed by atoms with Crippen LogP contribution < -0.4 is 10.2 Å². The van der Waals surface area contributed by atoms with Gasteiger partial charge in [-0.15, -0.1) is 0 Å². The summed E-state index contributed by atoms with van der Waals surface area (Å²) >= 11 is 6.16. The first kappa shape index (κ1) is 16.8. The first-order valence-electron chi connectivity index (χ1n) is 8.13. The SMILES string of the molecule is Cc1ccc(NC(=O)c2ccc(N3CCC(O)CC3)cc2)c(Cl)c1. The number of amides is 1. The number of carbonyl (C=O) groups excluding carboxylic acids is 1. The fourth-order valence-corrected chi connectivity index (χ4v) is 3.15. The van der Waals surface area contributed by atoms with Crippen LogP contribution in [0.2, 0.25) is 5.02 Å². The smallest absolute Gasteiger partial charge is 0.255 e. The summed E-state index contributed by atoms with van der Waals surface area (Å²) < 4.78 is 0. The van der Waals surface area contributed by atoms with E-state index < -0.39 is 0 Å². The van der Waals surface area contributed by atoms with Crippen molar-refractivity contribution in [2.75, 3.05) is 23.3 Å². The maximum absolute atomic E-state index is 12.4. The Hall–Kier alpha value is -2.04. The van der Waals surface area contributed by atoms with Crippen molar-refractivity contribution >= 4 is 28.9 Å². The highest BCUT2D eigenvalue weighted by molar-refractivity contribution is 6.34. The Balaban J connectivity index is 1.67. The van der Waals surface area contributed by atoms with Crippen LogP contribution in [0, 0.1) is 6.92 Å². The quantitative estimate of drug-likeness (QED) is 0.888. The van der Waals surface area contributed by atoms with E-state index in [1.807, 2.05) is 49.4 Å². The zero-order chi connectivity index (χ0) is 17.1. The summed E-state index contributed by atoms with van der Waals surface area (Å²) in [6, 6.07) is 13.1. The average Bonchev–Trinajstić information content (AvgIpc) is 2.58. The number of aliphatic hydroxyl groups is 1. The molecular formula is C19H21ClN2O2. The molecule has 0 radical (unpaired) electrons. The van der Waals surface area contributed by atoms with Crippen LogP contribution in [-0.4, -0.2) is 30.2 Å². The van der Waals surface area contributed by atoms with Crippen molar-refractivity contribution in [3.05, 3.63) is 58.6 Å². The molecule has 5 heteroatoms. The van der Waals surface area contributed by atoms with E-state index in [1.165, 1.54) is 0 Å². The Morgan fingerprint density at radius 3 is 2.46 bits per heavy atom. The number of nitrogens with one attached hydrogen (secondary N) is 1. The lowest BCUT2D eigenvalue weighted by Gasteiger charge is -2.31. The third-order valence-electron chi connectivity index (χ3n) is 4.33. The second-order valence-electron chi connectivity index (χ2n) is 6.20. The lowest BCUT2D eigenvalue weighted by molar-refractivity contribution is 0.102. The van der Waals surface area contributed by atoms with Crippen LogP contribution in [0.5, 0.6) is 0 Å². The molecular weight excluding hydrogens is 324 g/mol.